The van der Waals surface area contributed by atoms with Gasteiger partial charge in [0.2, 0.25) is 11.8 Å². The fraction of sp³-hybridized carbons (Fsp3) is 0.375. The summed E-state index contributed by atoms with van der Waals surface area (Å²) in [6.07, 6.45) is -0.750. The van der Waals surface area contributed by atoms with E-state index in [-0.39, 0.29) is 22.9 Å². The number of carboxylic acid groups (broad SMARTS) is 2. The average Bonchev–Trinajstić information content (AvgIpc) is 2.67. The van der Waals surface area contributed by atoms with Gasteiger partial charge in [-0.25, -0.2) is 0 Å². The van der Waals surface area contributed by atoms with Gasteiger partial charge in [-0.05, 0) is 12.5 Å². The number of rotatable bonds is 11. The maximum absolute atomic E-state index is 12.5. The summed E-state index contributed by atoms with van der Waals surface area (Å²) < 4.78 is 0. The van der Waals surface area contributed by atoms with Gasteiger partial charge in [0, 0.05) is 29.2 Å². The molecule has 0 aliphatic heterocycles. The van der Waals surface area contributed by atoms with Crippen molar-refractivity contribution < 1.29 is 34.3 Å². The highest BCUT2D eigenvalue weighted by Gasteiger charge is 2.29. The van der Waals surface area contributed by atoms with Gasteiger partial charge in [-0.2, -0.15) is 0 Å². The second kappa shape index (κ2) is 11.4. The molecule has 164 valence electrons. The first kappa shape index (κ1) is 25.3. The molecule has 2 atom stereocenters. The van der Waals surface area contributed by atoms with Crippen LogP contribution in [0, 0.1) is 10.1 Å². The Labute approximate surface area is 179 Å². The van der Waals surface area contributed by atoms with E-state index < -0.39 is 53.7 Å². The van der Waals surface area contributed by atoms with Gasteiger partial charge in [0.1, 0.15) is 12.6 Å². The van der Waals surface area contributed by atoms with Gasteiger partial charge < -0.3 is 21.7 Å². The number of carbonyl (C=O) groups is 4. The number of nitrogens with two attached hydrogens (primary N) is 2. The van der Waals surface area contributed by atoms with Crippen LogP contribution in [0.4, 0.5) is 5.69 Å². The third kappa shape index (κ3) is 7.59. The normalized spacial score (nSPS) is 12.6. The quantitative estimate of drug-likeness (QED) is 0.199. The summed E-state index contributed by atoms with van der Waals surface area (Å²) in [5, 5.41) is 28.5. The lowest BCUT2D eigenvalue weighted by Gasteiger charge is -2.22. The number of carbonyl (C=O) groups excluding carboxylic acids is 2. The van der Waals surface area contributed by atoms with Gasteiger partial charge in [-0.3, -0.25) is 34.2 Å². The maximum atomic E-state index is 12.5. The molecular weight excluding hydrogens is 444 g/mol. The lowest BCUT2D eigenvalue weighted by molar-refractivity contribution is -0.384. The Kier molecular flexibility index (Phi) is 9.65. The van der Waals surface area contributed by atoms with Crippen LogP contribution in [-0.2, 0) is 19.2 Å². The molecule has 0 unspecified atom stereocenters. The summed E-state index contributed by atoms with van der Waals surface area (Å²) in [6, 6.07) is 1.08. The zero-order valence-corrected chi connectivity index (χ0v) is 17.0. The van der Waals surface area contributed by atoms with Crippen LogP contribution in [0.25, 0.3) is 0 Å². The Hall–Kier alpha value is -2.74. The molecule has 0 aliphatic rings. The Morgan fingerprint density at radius 3 is 2.33 bits per heavy atom. The predicted molar refractivity (Wildman–Crippen MR) is 106 cm³/mol. The van der Waals surface area contributed by atoms with E-state index in [1.807, 2.05) is 0 Å². The van der Waals surface area contributed by atoms with Crippen molar-refractivity contribution in [3.63, 3.8) is 0 Å². The van der Waals surface area contributed by atoms with Crippen LogP contribution < -0.4 is 11.5 Å². The van der Waals surface area contributed by atoms with Crippen molar-refractivity contribution in [1.82, 2.24) is 4.90 Å². The Bertz CT molecular complexity index is 853. The van der Waals surface area contributed by atoms with E-state index >= 15 is 0 Å². The number of hydrogen-bond acceptors (Lipinski definition) is 9. The number of non-ortho nitro benzene ring substituents is 1. The fourth-order valence-corrected chi connectivity index (χ4v) is 3.33. The zero-order chi connectivity index (χ0) is 23.0. The van der Waals surface area contributed by atoms with Gasteiger partial charge in [0.05, 0.1) is 16.0 Å². The number of hydrogen-bond donors (Lipinski definition) is 4. The standard InChI is InChI=1S/C16H19ClN4O8S/c17-9-5-8(21(28)29)1-3-12(9)30-7-11(19)15(25)20(6-14(23)24)13(22)4-2-10(18)16(26)27/h1,3,5,10-11H,2,4,6-7,18-19H2,(H,23,24)(H,26,27)/t10-,11-/m0/s1. The molecule has 12 nitrogen and oxygen atoms in total. The smallest absolute Gasteiger partial charge is 0.323 e. The van der Waals surface area contributed by atoms with Crippen molar-refractivity contribution in [2.45, 2.75) is 29.8 Å². The highest BCUT2D eigenvalue weighted by Crippen LogP contribution is 2.30. The van der Waals surface area contributed by atoms with E-state index in [1.165, 1.54) is 12.1 Å². The minimum absolute atomic E-state index is 0.0648. The van der Waals surface area contributed by atoms with Gasteiger partial charge >= 0.3 is 11.9 Å². The molecular formula is C16H19ClN4O8S. The number of imide groups is 1. The molecule has 1 rings (SSSR count). The van der Waals surface area contributed by atoms with Crippen molar-refractivity contribution in [3.05, 3.63) is 33.3 Å². The molecule has 0 aromatic heterocycles. The molecule has 0 saturated carbocycles. The topological polar surface area (TPSA) is 207 Å². The van der Waals surface area contributed by atoms with Crippen molar-refractivity contribution in [2.75, 3.05) is 12.3 Å². The lowest BCUT2D eigenvalue weighted by Crippen LogP contribution is -2.50. The van der Waals surface area contributed by atoms with Crippen molar-refractivity contribution >= 4 is 52.8 Å². The third-order valence-corrected chi connectivity index (χ3v) is 5.33. The molecule has 0 heterocycles. The number of halogens is 1. The molecule has 30 heavy (non-hydrogen) atoms. The molecule has 2 amide bonds. The largest absolute Gasteiger partial charge is 0.480 e. The summed E-state index contributed by atoms with van der Waals surface area (Å²) >= 11 is 6.95. The Balaban J connectivity index is 2.81. The highest BCUT2D eigenvalue weighted by molar-refractivity contribution is 7.99. The first-order valence-electron chi connectivity index (χ1n) is 8.30. The molecule has 0 radical (unpaired) electrons. The highest BCUT2D eigenvalue weighted by atomic mass is 35.5. The monoisotopic (exact) mass is 462 g/mol. The number of aliphatic carboxylic acids is 2. The molecule has 14 heteroatoms. The van der Waals surface area contributed by atoms with Crippen LogP contribution in [-0.4, -0.2) is 68.2 Å². The molecule has 1 aromatic carbocycles. The fourth-order valence-electron chi connectivity index (χ4n) is 2.13. The minimum Gasteiger partial charge on any atom is -0.480 e. The lowest BCUT2D eigenvalue weighted by atomic mass is 10.1. The zero-order valence-electron chi connectivity index (χ0n) is 15.4. The van der Waals surface area contributed by atoms with Crippen LogP contribution >= 0.6 is 23.4 Å². The number of nitrogens with zero attached hydrogens (tertiary/aromatic N) is 2. The number of benzene rings is 1. The van der Waals surface area contributed by atoms with E-state index in [4.69, 9.17) is 33.3 Å². The van der Waals surface area contributed by atoms with Gasteiger partial charge in [0.25, 0.3) is 5.69 Å². The summed E-state index contributed by atoms with van der Waals surface area (Å²) in [7, 11) is 0. The Morgan fingerprint density at radius 1 is 1.20 bits per heavy atom. The number of nitro benzene ring substituents is 1. The van der Waals surface area contributed by atoms with Crippen molar-refractivity contribution in [1.29, 1.82) is 0 Å². The molecule has 0 aliphatic carbocycles. The SMILES string of the molecule is N[C@@H](CCC(=O)N(CC(=O)O)C(=O)[C@@H](N)CSc1ccc([N+](=O)[O-])cc1Cl)C(=O)O. The third-order valence-electron chi connectivity index (χ3n) is 3.71. The van der Waals surface area contributed by atoms with Crippen LogP contribution in [0.3, 0.4) is 0 Å². The van der Waals surface area contributed by atoms with Crippen LogP contribution in [0.1, 0.15) is 12.8 Å². The van der Waals surface area contributed by atoms with Crippen LogP contribution in [0.2, 0.25) is 5.02 Å². The predicted octanol–water partition coefficient (Wildman–Crippen LogP) is 0.300. The van der Waals surface area contributed by atoms with Crippen LogP contribution in [0.15, 0.2) is 23.1 Å². The summed E-state index contributed by atoms with van der Waals surface area (Å²) in [5.74, 6) is -4.80. The summed E-state index contributed by atoms with van der Waals surface area (Å²) in [6.45, 7) is -0.948. The maximum Gasteiger partial charge on any atom is 0.323 e. The second-order valence-electron chi connectivity index (χ2n) is 5.98. The number of carboxylic acids is 2. The van der Waals surface area contributed by atoms with E-state index in [0.29, 0.717) is 9.80 Å². The van der Waals surface area contributed by atoms with E-state index in [9.17, 15) is 29.3 Å². The average molecular weight is 463 g/mol. The molecule has 0 fully saturated rings. The number of nitro groups is 1. The van der Waals surface area contributed by atoms with Crippen molar-refractivity contribution in [3.8, 4) is 0 Å². The summed E-state index contributed by atoms with van der Waals surface area (Å²) in [4.78, 5) is 57.4. The molecule has 0 saturated heterocycles. The Morgan fingerprint density at radius 2 is 1.83 bits per heavy atom. The van der Waals surface area contributed by atoms with Crippen molar-refractivity contribution in [2.24, 2.45) is 11.5 Å². The minimum atomic E-state index is -1.46. The van der Waals surface area contributed by atoms with Crippen LogP contribution in [0.5, 0.6) is 0 Å². The van der Waals surface area contributed by atoms with Gasteiger partial charge in [-0.1, -0.05) is 11.6 Å². The van der Waals surface area contributed by atoms with E-state index in [1.54, 1.807) is 0 Å². The van der Waals surface area contributed by atoms with Gasteiger partial charge in [0.15, 0.2) is 0 Å². The first-order valence-corrected chi connectivity index (χ1v) is 9.67. The summed E-state index contributed by atoms with van der Waals surface area (Å²) in [5.41, 5.74) is 10.9. The van der Waals surface area contributed by atoms with E-state index in [0.717, 1.165) is 17.8 Å². The molecule has 0 bridgehead atoms. The first-order chi connectivity index (χ1) is 13.9. The van der Waals surface area contributed by atoms with E-state index in [2.05, 4.69) is 0 Å². The molecule has 1 aromatic rings. The second-order valence-corrected chi connectivity index (χ2v) is 7.45. The number of amides is 2. The molecule has 6 N–H and O–H groups in total. The number of thioether (sulfide) groups is 1. The molecule has 0 spiro atoms. The van der Waals surface area contributed by atoms with Gasteiger partial charge in [-0.15, -0.1) is 11.8 Å².